The molecule has 2 N–H and O–H groups in total. The van der Waals surface area contributed by atoms with Crippen LogP contribution in [0.25, 0.3) is 0 Å². The SMILES string of the molecule is COCCN(CCC(N)=S)Cc1ccc(I)cc1. The van der Waals surface area contributed by atoms with E-state index in [1.54, 1.807) is 7.11 Å². The van der Waals surface area contributed by atoms with Gasteiger partial charge in [-0.2, -0.15) is 0 Å². The van der Waals surface area contributed by atoms with E-state index in [9.17, 15) is 0 Å². The molecule has 18 heavy (non-hydrogen) atoms. The monoisotopic (exact) mass is 378 g/mol. The number of thiocarbonyl (C=S) groups is 1. The van der Waals surface area contributed by atoms with Crippen molar-refractivity contribution in [1.29, 1.82) is 0 Å². The first-order chi connectivity index (χ1) is 8.61. The van der Waals surface area contributed by atoms with Crippen LogP contribution >= 0.6 is 34.8 Å². The van der Waals surface area contributed by atoms with Gasteiger partial charge in [-0.05, 0) is 40.3 Å². The molecule has 100 valence electrons. The second-order valence-electron chi connectivity index (χ2n) is 4.11. The molecule has 0 aliphatic rings. The average Bonchev–Trinajstić information content (AvgIpc) is 2.35. The molecule has 0 radical (unpaired) electrons. The van der Waals surface area contributed by atoms with Crippen LogP contribution in [-0.4, -0.2) is 36.7 Å². The molecule has 0 atom stereocenters. The van der Waals surface area contributed by atoms with Gasteiger partial charge in [0, 0.05) is 36.7 Å². The smallest absolute Gasteiger partial charge is 0.0740 e. The summed E-state index contributed by atoms with van der Waals surface area (Å²) in [5, 5.41) is 0. The standard InChI is InChI=1S/C13H19IN2OS/c1-17-9-8-16(7-6-13(15)18)10-11-2-4-12(14)5-3-11/h2-5H,6-10H2,1H3,(H2,15,18). The lowest BCUT2D eigenvalue weighted by atomic mass is 10.2. The quantitative estimate of drug-likeness (QED) is 0.557. The first-order valence-electron chi connectivity index (χ1n) is 5.86. The van der Waals surface area contributed by atoms with Crippen LogP contribution in [-0.2, 0) is 11.3 Å². The number of benzene rings is 1. The van der Waals surface area contributed by atoms with E-state index < -0.39 is 0 Å². The lowest BCUT2D eigenvalue weighted by Crippen LogP contribution is -2.30. The van der Waals surface area contributed by atoms with Crippen molar-refractivity contribution in [2.75, 3.05) is 26.8 Å². The molecule has 0 spiro atoms. The third kappa shape index (κ3) is 6.63. The predicted molar refractivity (Wildman–Crippen MR) is 87.7 cm³/mol. The van der Waals surface area contributed by atoms with E-state index in [1.165, 1.54) is 9.13 Å². The molecule has 3 nitrogen and oxygen atoms in total. The van der Waals surface area contributed by atoms with E-state index in [2.05, 4.69) is 51.8 Å². The number of halogens is 1. The molecule has 0 aliphatic heterocycles. The summed E-state index contributed by atoms with van der Waals surface area (Å²) in [6, 6.07) is 8.56. The van der Waals surface area contributed by atoms with Crippen molar-refractivity contribution in [3.05, 3.63) is 33.4 Å². The molecule has 0 unspecified atom stereocenters. The lowest BCUT2D eigenvalue weighted by Gasteiger charge is -2.21. The fraction of sp³-hybridized carbons (Fsp3) is 0.462. The Kier molecular flexibility index (Phi) is 7.73. The molecular weight excluding hydrogens is 359 g/mol. The van der Waals surface area contributed by atoms with Gasteiger partial charge in [-0.3, -0.25) is 4.90 Å². The fourth-order valence-corrected chi connectivity index (χ4v) is 2.06. The summed E-state index contributed by atoms with van der Waals surface area (Å²) in [6.07, 6.45) is 0.753. The van der Waals surface area contributed by atoms with Crippen LogP contribution in [0.3, 0.4) is 0 Å². The summed E-state index contributed by atoms with van der Waals surface area (Å²) in [5.41, 5.74) is 6.86. The zero-order valence-electron chi connectivity index (χ0n) is 10.6. The van der Waals surface area contributed by atoms with Gasteiger partial charge in [-0.25, -0.2) is 0 Å². The normalized spacial score (nSPS) is 10.8. The molecule has 0 heterocycles. The van der Waals surface area contributed by atoms with Crippen LogP contribution < -0.4 is 5.73 Å². The molecule has 0 saturated heterocycles. The second kappa shape index (κ2) is 8.79. The Morgan fingerprint density at radius 1 is 1.33 bits per heavy atom. The number of nitrogens with zero attached hydrogens (tertiary/aromatic N) is 1. The minimum absolute atomic E-state index is 0.569. The fourth-order valence-electron chi connectivity index (χ4n) is 1.61. The maximum Gasteiger partial charge on any atom is 0.0740 e. The van der Waals surface area contributed by atoms with E-state index in [4.69, 9.17) is 22.7 Å². The van der Waals surface area contributed by atoms with Gasteiger partial charge in [-0.15, -0.1) is 0 Å². The highest BCUT2D eigenvalue weighted by Crippen LogP contribution is 2.09. The predicted octanol–water partition coefficient (Wildman–Crippen LogP) is 2.42. The minimum Gasteiger partial charge on any atom is -0.393 e. The van der Waals surface area contributed by atoms with Crippen LogP contribution in [0.1, 0.15) is 12.0 Å². The molecular formula is C13H19IN2OS. The van der Waals surface area contributed by atoms with Gasteiger partial charge in [0.1, 0.15) is 0 Å². The third-order valence-electron chi connectivity index (χ3n) is 2.61. The number of rotatable bonds is 8. The Bertz CT molecular complexity index is 370. The Balaban J connectivity index is 2.53. The van der Waals surface area contributed by atoms with Gasteiger partial charge < -0.3 is 10.5 Å². The number of methoxy groups -OCH3 is 1. The van der Waals surface area contributed by atoms with Gasteiger partial charge in [0.2, 0.25) is 0 Å². The van der Waals surface area contributed by atoms with Crippen molar-refractivity contribution >= 4 is 39.8 Å². The zero-order chi connectivity index (χ0) is 13.4. The van der Waals surface area contributed by atoms with Gasteiger partial charge in [0.15, 0.2) is 0 Å². The van der Waals surface area contributed by atoms with Crippen LogP contribution in [0.5, 0.6) is 0 Å². The highest BCUT2D eigenvalue weighted by molar-refractivity contribution is 14.1. The van der Waals surface area contributed by atoms with Crippen molar-refractivity contribution in [2.24, 2.45) is 5.73 Å². The van der Waals surface area contributed by atoms with Gasteiger partial charge in [0.25, 0.3) is 0 Å². The Labute approximate surface area is 128 Å². The zero-order valence-corrected chi connectivity index (χ0v) is 13.5. The van der Waals surface area contributed by atoms with Crippen LogP contribution in [0.4, 0.5) is 0 Å². The summed E-state index contributed by atoms with van der Waals surface area (Å²) in [7, 11) is 1.72. The van der Waals surface area contributed by atoms with E-state index >= 15 is 0 Å². The van der Waals surface area contributed by atoms with Crippen molar-refractivity contribution in [1.82, 2.24) is 4.90 Å². The second-order valence-corrected chi connectivity index (χ2v) is 5.88. The number of nitrogens with two attached hydrogens (primary N) is 1. The molecule has 1 aromatic rings. The maximum absolute atomic E-state index is 5.56. The first-order valence-corrected chi connectivity index (χ1v) is 7.34. The Hall–Kier alpha value is -0.240. The van der Waals surface area contributed by atoms with E-state index in [0.29, 0.717) is 4.99 Å². The summed E-state index contributed by atoms with van der Waals surface area (Å²) in [5.74, 6) is 0. The van der Waals surface area contributed by atoms with Crippen LogP contribution in [0.2, 0.25) is 0 Å². The first kappa shape index (κ1) is 15.8. The molecule has 0 saturated carbocycles. The highest BCUT2D eigenvalue weighted by Gasteiger charge is 2.06. The summed E-state index contributed by atoms with van der Waals surface area (Å²) in [6.45, 7) is 3.40. The van der Waals surface area contributed by atoms with Crippen molar-refractivity contribution in [3.8, 4) is 0 Å². The van der Waals surface area contributed by atoms with Crippen LogP contribution in [0.15, 0.2) is 24.3 Å². The van der Waals surface area contributed by atoms with Crippen molar-refractivity contribution < 1.29 is 4.74 Å². The Morgan fingerprint density at radius 3 is 2.56 bits per heavy atom. The van der Waals surface area contributed by atoms with Gasteiger partial charge >= 0.3 is 0 Å². The van der Waals surface area contributed by atoms with Gasteiger partial charge in [-0.1, -0.05) is 24.4 Å². The minimum atomic E-state index is 0.569. The maximum atomic E-state index is 5.56. The number of ether oxygens (including phenoxy) is 1. The number of hydrogen-bond acceptors (Lipinski definition) is 3. The average molecular weight is 378 g/mol. The van der Waals surface area contributed by atoms with E-state index in [-0.39, 0.29) is 0 Å². The van der Waals surface area contributed by atoms with E-state index in [0.717, 1.165) is 32.7 Å². The molecule has 0 bridgehead atoms. The lowest BCUT2D eigenvalue weighted by molar-refractivity contribution is 0.146. The summed E-state index contributed by atoms with van der Waals surface area (Å²) >= 11 is 7.24. The van der Waals surface area contributed by atoms with Gasteiger partial charge in [0.05, 0.1) is 11.6 Å². The Morgan fingerprint density at radius 2 is 2.00 bits per heavy atom. The van der Waals surface area contributed by atoms with Crippen LogP contribution in [0, 0.1) is 3.57 Å². The third-order valence-corrected chi connectivity index (χ3v) is 3.53. The number of hydrogen-bond donors (Lipinski definition) is 1. The topological polar surface area (TPSA) is 38.5 Å². The molecule has 0 fully saturated rings. The van der Waals surface area contributed by atoms with Crippen molar-refractivity contribution in [3.63, 3.8) is 0 Å². The van der Waals surface area contributed by atoms with Crippen molar-refractivity contribution in [2.45, 2.75) is 13.0 Å². The summed E-state index contributed by atoms with van der Waals surface area (Å²) in [4.78, 5) is 2.88. The summed E-state index contributed by atoms with van der Waals surface area (Å²) < 4.78 is 6.38. The molecule has 0 amide bonds. The molecule has 0 aliphatic carbocycles. The molecule has 5 heteroatoms. The molecule has 1 aromatic carbocycles. The molecule has 1 rings (SSSR count). The molecule has 0 aromatic heterocycles. The largest absolute Gasteiger partial charge is 0.393 e. The highest BCUT2D eigenvalue weighted by atomic mass is 127. The van der Waals surface area contributed by atoms with E-state index in [1.807, 2.05) is 0 Å².